The van der Waals surface area contributed by atoms with Crippen LogP contribution in [0.1, 0.15) is 0 Å². The molecular formula is C18H16N4. The molecule has 22 heavy (non-hydrogen) atoms. The number of hydrogen-bond donors (Lipinski definition) is 0. The minimum atomic E-state index is 0.812. The minimum Gasteiger partial charge on any atom is -0.345 e. The van der Waals surface area contributed by atoms with Crippen molar-refractivity contribution in [1.82, 2.24) is 19.3 Å². The van der Waals surface area contributed by atoms with Crippen molar-refractivity contribution in [2.45, 2.75) is 13.1 Å². The fourth-order valence-electron chi connectivity index (χ4n) is 2.86. The van der Waals surface area contributed by atoms with E-state index in [1.165, 1.54) is 22.0 Å². The Bertz CT molecular complexity index is 876. The van der Waals surface area contributed by atoms with Gasteiger partial charge < -0.3 is 4.57 Å². The molecule has 0 radical (unpaired) electrons. The second-order valence-corrected chi connectivity index (χ2v) is 5.28. The standard InChI is InChI=1S/C18H16N4/c1-2-5-15(6-3-1)17-8-4-7-16-9-10-21(18(16)17)11-12-22-14-19-13-20-22/h1-10,13-14H,11-12H2. The Hall–Kier alpha value is -2.88. The average Bonchev–Trinajstić information content (AvgIpc) is 3.23. The molecule has 2 aromatic carbocycles. The van der Waals surface area contributed by atoms with E-state index in [1.807, 2.05) is 10.7 Å². The van der Waals surface area contributed by atoms with Crippen LogP contribution in [-0.4, -0.2) is 19.3 Å². The number of benzene rings is 2. The molecule has 0 bridgehead atoms. The number of rotatable bonds is 4. The first kappa shape index (κ1) is 12.8. The second kappa shape index (κ2) is 5.48. The normalized spacial score (nSPS) is 11.1. The van der Waals surface area contributed by atoms with Crippen LogP contribution in [0.2, 0.25) is 0 Å². The van der Waals surface area contributed by atoms with E-state index < -0.39 is 0 Å². The summed E-state index contributed by atoms with van der Waals surface area (Å²) in [7, 11) is 0. The Morgan fingerprint density at radius 3 is 2.59 bits per heavy atom. The zero-order valence-corrected chi connectivity index (χ0v) is 12.1. The molecule has 0 aliphatic heterocycles. The van der Waals surface area contributed by atoms with Crippen LogP contribution in [0.4, 0.5) is 0 Å². The molecule has 0 spiro atoms. The summed E-state index contributed by atoms with van der Waals surface area (Å²) in [5.74, 6) is 0. The van der Waals surface area contributed by atoms with Crippen LogP contribution in [0.25, 0.3) is 22.0 Å². The van der Waals surface area contributed by atoms with Crippen LogP contribution in [0.5, 0.6) is 0 Å². The predicted molar refractivity (Wildman–Crippen MR) is 87.4 cm³/mol. The van der Waals surface area contributed by atoms with Crippen LogP contribution in [0, 0.1) is 0 Å². The smallest absolute Gasteiger partial charge is 0.137 e. The molecule has 0 atom stereocenters. The number of para-hydroxylation sites is 1. The molecule has 4 nitrogen and oxygen atoms in total. The Kier molecular flexibility index (Phi) is 3.20. The zero-order chi connectivity index (χ0) is 14.8. The average molecular weight is 288 g/mol. The number of hydrogen-bond acceptors (Lipinski definition) is 2. The Morgan fingerprint density at radius 2 is 1.77 bits per heavy atom. The predicted octanol–water partition coefficient (Wildman–Crippen LogP) is 3.60. The van der Waals surface area contributed by atoms with Gasteiger partial charge in [0.05, 0.1) is 12.1 Å². The van der Waals surface area contributed by atoms with Gasteiger partial charge in [-0.15, -0.1) is 0 Å². The minimum absolute atomic E-state index is 0.812. The van der Waals surface area contributed by atoms with Crippen molar-refractivity contribution < 1.29 is 0 Å². The van der Waals surface area contributed by atoms with Gasteiger partial charge in [0.15, 0.2) is 0 Å². The van der Waals surface area contributed by atoms with E-state index in [1.54, 1.807) is 12.7 Å². The first-order chi connectivity index (χ1) is 10.9. The van der Waals surface area contributed by atoms with Gasteiger partial charge in [0.2, 0.25) is 0 Å². The third kappa shape index (κ3) is 2.29. The van der Waals surface area contributed by atoms with Gasteiger partial charge in [-0.1, -0.05) is 48.5 Å². The largest absolute Gasteiger partial charge is 0.345 e. The molecule has 4 rings (SSSR count). The van der Waals surface area contributed by atoms with Crippen molar-refractivity contribution >= 4 is 10.9 Å². The molecule has 4 aromatic rings. The molecule has 0 aliphatic carbocycles. The second-order valence-electron chi connectivity index (χ2n) is 5.28. The van der Waals surface area contributed by atoms with E-state index in [0.717, 1.165) is 13.1 Å². The molecule has 2 heterocycles. The van der Waals surface area contributed by atoms with Crippen molar-refractivity contribution in [1.29, 1.82) is 0 Å². The van der Waals surface area contributed by atoms with Crippen molar-refractivity contribution in [3.8, 4) is 11.1 Å². The van der Waals surface area contributed by atoms with Gasteiger partial charge in [-0.2, -0.15) is 5.10 Å². The van der Waals surface area contributed by atoms with Crippen LogP contribution in [0.3, 0.4) is 0 Å². The first-order valence-corrected chi connectivity index (χ1v) is 7.37. The maximum Gasteiger partial charge on any atom is 0.137 e. The number of aromatic nitrogens is 4. The molecule has 0 fully saturated rings. The lowest BCUT2D eigenvalue weighted by Gasteiger charge is -2.10. The summed E-state index contributed by atoms with van der Waals surface area (Å²) in [5, 5.41) is 5.43. The molecule has 4 heteroatoms. The summed E-state index contributed by atoms with van der Waals surface area (Å²) in [6, 6.07) is 19.2. The van der Waals surface area contributed by atoms with E-state index in [2.05, 4.69) is 69.4 Å². The maximum absolute atomic E-state index is 4.17. The third-order valence-corrected chi connectivity index (χ3v) is 3.91. The Labute approximate surface area is 128 Å². The number of nitrogens with zero attached hydrogens (tertiary/aromatic N) is 4. The molecule has 108 valence electrons. The Morgan fingerprint density at radius 1 is 0.864 bits per heavy atom. The fourth-order valence-corrected chi connectivity index (χ4v) is 2.86. The molecular weight excluding hydrogens is 272 g/mol. The van der Waals surface area contributed by atoms with Gasteiger partial charge in [-0.25, -0.2) is 4.98 Å². The van der Waals surface area contributed by atoms with Gasteiger partial charge in [-0.3, -0.25) is 4.68 Å². The highest BCUT2D eigenvalue weighted by Crippen LogP contribution is 2.29. The summed E-state index contributed by atoms with van der Waals surface area (Å²) in [4.78, 5) is 3.99. The highest BCUT2D eigenvalue weighted by molar-refractivity contribution is 5.94. The maximum atomic E-state index is 4.17. The molecule has 2 aromatic heterocycles. The molecule has 0 unspecified atom stereocenters. The summed E-state index contributed by atoms with van der Waals surface area (Å²) >= 11 is 0. The molecule has 0 saturated carbocycles. The zero-order valence-electron chi connectivity index (χ0n) is 12.1. The number of aryl methyl sites for hydroxylation is 2. The number of fused-ring (bicyclic) bond motifs is 1. The van der Waals surface area contributed by atoms with E-state index in [0.29, 0.717) is 0 Å². The first-order valence-electron chi connectivity index (χ1n) is 7.37. The summed E-state index contributed by atoms with van der Waals surface area (Å²) in [5.41, 5.74) is 3.78. The van der Waals surface area contributed by atoms with Crippen LogP contribution in [-0.2, 0) is 13.1 Å². The van der Waals surface area contributed by atoms with Gasteiger partial charge in [0, 0.05) is 23.7 Å². The van der Waals surface area contributed by atoms with Crippen LogP contribution in [0.15, 0.2) is 73.4 Å². The van der Waals surface area contributed by atoms with E-state index in [-0.39, 0.29) is 0 Å². The monoisotopic (exact) mass is 288 g/mol. The van der Waals surface area contributed by atoms with Gasteiger partial charge in [0.1, 0.15) is 12.7 Å². The molecule has 0 amide bonds. The van der Waals surface area contributed by atoms with E-state index >= 15 is 0 Å². The summed E-state index contributed by atoms with van der Waals surface area (Å²) < 4.78 is 4.15. The SMILES string of the molecule is c1ccc(-c2cccc3ccn(CCn4cncn4)c23)cc1. The molecule has 0 aliphatic rings. The van der Waals surface area contributed by atoms with E-state index in [4.69, 9.17) is 0 Å². The van der Waals surface area contributed by atoms with Crippen LogP contribution >= 0.6 is 0 Å². The summed E-state index contributed by atoms with van der Waals surface area (Å²) in [6.45, 7) is 1.68. The quantitative estimate of drug-likeness (QED) is 0.575. The lowest BCUT2D eigenvalue weighted by atomic mass is 10.0. The lowest BCUT2D eigenvalue weighted by Crippen LogP contribution is -2.07. The van der Waals surface area contributed by atoms with Crippen molar-refractivity contribution in [2.24, 2.45) is 0 Å². The Balaban J connectivity index is 1.76. The van der Waals surface area contributed by atoms with Crippen molar-refractivity contribution in [3.05, 3.63) is 73.4 Å². The highest BCUT2D eigenvalue weighted by atomic mass is 15.3. The van der Waals surface area contributed by atoms with Gasteiger partial charge in [0.25, 0.3) is 0 Å². The van der Waals surface area contributed by atoms with Gasteiger partial charge in [-0.05, 0) is 11.6 Å². The molecule has 0 N–H and O–H groups in total. The fraction of sp³-hybridized carbons (Fsp3) is 0.111. The lowest BCUT2D eigenvalue weighted by molar-refractivity contribution is 0.542. The van der Waals surface area contributed by atoms with Crippen molar-refractivity contribution in [2.75, 3.05) is 0 Å². The third-order valence-electron chi connectivity index (χ3n) is 3.91. The van der Waals surface area contributed by atoms with E-state index in [9.17, 15) is 0 Å². The topological polar surface area (TPSA) is 35.6 Å². The van der Waals surface area contributed by atoms with Crippen LogP contribution < -0.4 is 0 Å². The summed E-state index contributed by atoms with van der Waals surface area (Å²) in [6.07, 6.45) is 5.47. The van der Waals surface area contributed by atoms with Gasteiger partial charge >= 0.3 is 0 Å². The highest BCUT2D eigenvalue weighted by Gasteiger charge is 2.08. The molecule has 0 saturated heterocycles. The van der Waals surface area contributed by atoms with Crippen molar-refractivity contribution in [3.63, 3.8) is 0 Å².